The third-order valence-electron chi connectivity index (χ3n) is 3.39. The van der Waals surface area contributed by atoms with E-state index in [2.05, 4.69) is 43.5 Å². The van der Waals surface area contributed by atoms with Gasteiger partial charge < -0.3 is 10.6 Å². The van der Waals surface area contributed by atoms with Crippen LogP contribution in [0.2, 0.25) is 0 Å². The van der Waals surface area contributed by atoms with Gasteiger partial charge in [-0.15, -0.1) is 0 Å². The fraction of sp³-hybridized carbons (Fsp3) is 0.562. The molecule has 1 aromatic rings. The first-order valence-corrected chi connectivity index (χ1v) is 6.99. The van der Waals surface area contributed by atoms with Gasteiger partial charge in [0.15, 0.2) is 0 Å². The maximum Gasteiger partial charge on any atom is 0.239 e. The van der Waals surface area contributed by atoms with E-state index in [9.17, 15) is 4.79 Å². The molecular formula is C16H26N2O. The Morgan fingerprint density at radius 2 is 1.79 bits per heavy atom. The molecule has 0 aliphatic rings. The summed E-state index contributed by atoms with van der Waals surface area (Å²) in [5.74, 6) is 0.558. The van der Waals surface area contributed by atoms with Crippen LogP contribution in [0, 0.1) is 0 Å². The van der Waals surface area contributed by atoms with Gasteiger partial charge >= 0.3 is 0 Å². The van der Waals surface area contributed by atoms with E-state index in [1.807, 2.05) is 26.0 Å². The SMILES string of the molecule is CCC(C)(C)NC(=O)CNc1ccc(C(C)C)cc1. The minimum absolute atomic E-state index is 0.0276. The lowest BCUT2D eigenvalue weighted by molar-refractivity contribution is -0.121. The fourth-order valence-corrected chi connectivity index (χ4v) is 1.68. The van der Waals surface area contributed by atoms with Crippen molar-refractivity contribution in [2.45, 2.75) is 52.5 Å². The van der Waals surface area contributed by atoms with Crippen molar-refractivity contribution in [2.24, 2.45) is 0 Å². The molecule has 0 atom stereocenters. The lowest BCUT2D eigenvalue weighted by Gasteiger charge is -2.24. The average molecular weight is 262 g/mol. The van der Waals surface area contributed by atoms with Gasteiger partial charge in [0.25, 0.3) is 0 Å². The van der Waals surface area contributed by atoms with Crippen LogP contribution < -0.4 is 10.6 Å². The molecule has 0 heterocycles. The van der Waals surface area contributed by atoms with Gasteiger partial charge in [0.1, 0.15) is 0 Å². The van der Waals surface area contributed by atoms with Gasteiger partial charge in [0.05, 0.1) is 6.54 Å². The summed E-state index contributed by atoms with van der Waals surface area (Å²) in [5.41, 5.74) is 2.15. The number of nitrogens with one attached hydrogen (secondary N) is 2. The number of carbonyl (C=O) groups is 1. The standard InChI is InChI=1S/C16H26N2O/c1-6-16(4,5)18-15(19)11-17-14-9-7-13(8-10-14)12(2)3/h7-10,12,17H,6,11H2,1-5H3,(H,18,19). The van der Waals surface area contributed by atoms with Crippen LogP contribution >= 0.6 is 0 Å². The number of rotatable bonds is 6. The minimum atomic E-state index is -0.139. The monoisotopic (exact) mass is 262 g/mol. The molecule has 0 unspecified atom stereocenters. The number of benzene rings is 1. The second kappa shape index (κ2) is 6.60. The molecule has 0 aromatic heterocycles. The first-order valence-electron chi connectivity index (χ1n) is 6.99. The zero-order valence-electron chi connectivity index (χ0n) is 12.7. The maximum absolute atomic E-state index is 11.8. The molecule has 3 heteroatoms. The van der Waals surface area contributed by atoms with Crippen molar-refractivity contribution < 1.29 is 4.79 Å². The highest BCUT2D eigenvalue weighted by atomic mass is 16.2. The Bertz CT molecular complexity index is 407. The summed E-state index contributed by atoms with van der Waals surface area (Å²) in [5, 5.41) is 6.15. The van der Waals surface area contributed by atoms with E-state index in [0.29, 0.717) is 12.5 Å². The molecule has 0 fully saturated rings. The van der Waals surface area contributed by atoms with Gasteiger partial charge in [-0.1, -0.05) is 32.9 Å². The Balaban J connectivity index is 2.46. The summed E-state index contributed by atoms with van der Waals surface area (Å²) < 4.78 is 0. The van der Waals surface area contributed by atoms with E-state index < -0.39 is 0 Å². The lowest BCUT2D eigenvalue weighted by atomic mass is 10.0. The summed E-state index contributed by atoms with van der Waals surface area (Å²) in [7, 11) is 0. The van der Waals surface area contributed by atoms with Crippen LogP contribution in [0.5, 0.6) is 0 Å². The summed E-state index contributed by atoms with van der Waals surface area (Å²) in [6.45, 7) is 10.8. The van der Waals surface area contributed by atoms with Crippen LogP contribution in [0.4, 0.5) is 5.69 Å². The van der Waals surface area contributed by atoms with E-state index in [0.717, 1.165) is 12.1 Å². The number of hydrogen-bond acceptors (Lipinski definition) is 2. The van der Waals surface area contributed by atoms with Crippen molar-refractivity contribution in [1.29, 1.82) is 0 Å². The molecule has 0 spiro atoms. The predicted octanol–water partition coefficient (Wildman–Crippen LogP) is 3.53. The van der Waals surface area contributed by atoms with E-state index in [1.165, 1.54) is 5.56 Å². The number of carbonyl (C=O) groups excluding carboxylic acids is 1. The van der Waals surface area contributed by atoms with E-state index in [4.69, 9.17) is 0 Å². The first kappa shape index (κ1) is 15.5. The Hall–Kier alpha value is -1.51. The molecule has 0 bridgehead atoms. The molecule has 3 nitrogen and oxygen atoms in total. The minimum Gasteiger partial charge on any atom is -0.376 e. The van der Waals surface area contributed by atoms with Crippen molar-refractivity contribution >= 4 is 11.6 Å². The molecule has 1 rings (SSSR count). The molecule has 1 aromatic carbocycles. The maximum atomic E-state index is 11.8. The normalized spacial score (nSPS) is 11.5. The largest absolute Gasteiger partial charge is 0.376 e. The molecule has 19 heavy (non-hydrogen) atoms. The highest BCUT2D eigenvalue weighted by molar-refractivity contribution is 5.81. The van der Waals surface area contributed by atoms with Crippen LogP contribution in [0.3, 0.4) is 0 Å². The van der Waals surface area contributed by atoms with Crippen LogP contribution in [-0.4, -0.2) is 18.0 Å². The van der Waals surface area contributed by atoms with Crippen molar-refractivity contribution in [3.05, 3.63) is 29.8 Å². The summed E-state index contributed by atoms with van der Waals surface area (Å²) in [4.78, 5) is 11.8. The molecule has 0 saturated heterocycles. The molecule has 0 aliphatic heterocycles. The summed E-state index contributed by atoms with van der Waals surface area (Å²) in [6, 6.07) is 8.24. The Kier molecular flexibility index (Phi) is 5.40. The molecule has 0 saturated carbocycles. The van der Waals surface area contributed by atoms with Crippen molar-refractivity contribution in [1.82, 2.24) is 5.32 Å². The third-order valence-corrected chi connectivity index (χ3v) is 3.39. The molecule has 1 amide bonds. The van der Waals surface area contributed by atoms with Gasteiger partial charge in [-0.05, 0) is 43.9 Å². The molecule has 2 N–H and O–H groups in total. The first-order chi connectivity index (χ1) is 8.84. The average Bonchev–Trinajstić information content (AvgIpc) is 2.36. The lowest BCUT2D eigenvalue weighted by Crippen LogP contribution is -2.45. The smallest absolute Gasteiger partial charge is 0.239 e. The van der Waals surface area contributed by atoms with E-state index >= 15 is 0 Å². The highest BCUT2D eigenvalue weighted by Gasteiger charge is 2.17. The number of amides is 1. The van der Waals surface area contributed by atoms with Gasteiger partial charge in [0, 0.05) is 11.2 Å². The second-order valence-corrected chi connectivity index (χ2v) is 5.92. The molecule has 0 radical (unpaired) electrons. The van der Waals surface area contributed by atoms with Gasteiger partial charge in [-0.25, -0.2) is 0 Å². The van der Waals surface area contributed by atoms with E-state index in [1.54, 1.807) is 0 Å². The molecule has 0 aliphatic carbocycles. The Labute approximate surface area is 116 Å². The summed E-state index contributed by atoms with van der Waals surface area (Å²) >= 11 is 0. The second-order valence-electron chi connectivity index (χ2n) is 5.92. The van der Waals surface area contributed by atoms with E-state index in [-0.39, 0.29) is 11.4 Å². The predicted molar refractivity (Wildman–Crippen MR) is 81.5 cm³/mol. The van der Waals surface area contributed by atoms with Gasteiger partial charge in [-0.3, -0.25) is 4.79 Å². The Morgan fingerprint density at radius 1 is 1.21 bits per heavy atom. The fourth-order valence-electron chi connectivity index (χ4n) is 1.68. The van der Waals surface area contributed by atoms with Crippen LogP contribution in [-0.2, 0) is 4.79 Å². The molecule has 106 valence electrons. The molecular weight excluding hydrogens is 236 g/mol. The third kappa shape index (κ3) is 5.33. The quantitative estimate of drug-likeness (QED) is 0.823. The van der Waals surface area contributed by atoms with Crippen molar-refractivity contribution in [2.75, 3.05) is 11.9 Å². The summed E-state index contributed by atoms with van der Waals surface area (Å²) in [6.07, 6.45) is 0.918. The van der Waals surface area contributed by atoms with Gasteiger partial charge in [-0.2, -0.15) is 0 Å². The van der Waals surface area contributed by atoms with Gasteiger partial charge in [0.2, 0.25) is 5.91 Å². The Morgan fingerprint density at radius 3 is 2.26 bits per heavy atom. The zero-order chi connectivity index (χ0) is 14.5. The van der Waals surface area contributed by atoms with Crippen LogP contribution in [0.15, 0.2) is 24.3 Å². The number of hydrogen-bond donors (Lipinski definition) is 2. The topological polar surface area (TPSA) is 41.1 Å². The highest BCUT2D eigenvalue weighted by Crippen LogP contribution is 2.16. The van der Waals surface area contributed by atoms with Crippen molar-refractivity contribution in [3.8, 4) is 0 Å². The van der Waals surface area contributed by atoms with Crippen LogP contribution in [0.1, 0.15) is 52.5 Å². The number of anilines is 1. The van der Waals surface area contributed by atoms with Crippen molar-refractivity contribution in [3.63, 3.8) is 0 Å². The van der Waals surface area contributed by atoms with Crippen LogP contribution in [0.25, 0.3) is 0 Å². The zero-order valence-corrected chi connectivity index (χ0v) is 12.7.